The molecule has 2 aliphatic heterocycles. The minimum Gasteiger partial charge on any atom is -0.356 e. The van der Waals surface area contributed by atoms with Crippen molar-refractivity contribution in [3.05, 3.63) is 137 Å². The normalized spacial score (nSPS) is 18.0. The van der Waals surface area contributed by atoms with Crippen molar-refractivity contribution in [2.75, 3.05) is 11.4 Å². The van der Waals surface area contributed by atoms with Crippen molar-refractivity contribution in [3.63, 3.8) is 0 Å². The number of urea groups is 1. The van der Waals surface area contributed by atoms with E-state index in [2.05, 4.69) is 16.4 Å². The van der Waals surface area contributed by atoms with Crippen molar-refractivity contribution in [1.29, 1.82) is 0 Å². The molecule has 2 aliphatic rings. The van der Waals surface area contributed by atoms with Crippen LogP contribution in [-0.2, 0) is 17.6 Å². The minimum absolute atomic E-state index is 0.294. The summed E-state index contributed by atoms with van der Waals surface area (Å²) < 4.78 is 0. The Bertz CT molecular complexity index is 1780. The predicted octanol–water partition coefficient (Wildman–Crippen LogP) is 5.62. The zero-order valence-corrected chi connectivity index (χ0v) is 22.3. The summed E-state index contributed by atoms with van der Waals surface area (Å²) in [5.41, 5.74) is 5.57. The van der Waals surface area contributed by atoms with Gasteiger partial charge in [0.2, 0.25) is 0 Å². The van der Waals surface area contributed by atoms with Gasteiger partial charge >= 0.3 is 6.03 Å². The van der Waals surface area contributed by atoms with Crippen LogP contribution in [0.4, 0.5) is 10.5 Å². The van der Waals surface area contributed by atoms with E-state index in [1.807, 2.05) is 78.9 Å². The molecule has 3 heterocycles. The van der Waals surface area contributed by atoms with Gasteiger partial charge in [0.15, 0.2) is 0 Å². The average Bonchev–Trinajstić information content (AvgIpc) is 3.51. The number of aromatic amines is 1. The molecule has 1 aromatic heterocycles. The molecule has 0 aliphatic carbocycles. The molecular formula is C34H28N4O3. The van der Waals surface area contributed by atoms with Crippen molar-refractivity contribution in [2.45, 2.75) is 24.9 Å². The molecule has 7 heteroatoms. The lowest BCUT2D eigenvalue weighted by atomic mass is 9.89. The lowest BCUT2D eigenvalue weighted by molar-refractivity contribution is -0.120. The summed E-state index contributed by atoms with van der Waals surface area (Å²) in [5, 5.41) is 4.02. The first-order chi connectivity index (χ1) is 20.1. The van der Waals surface area contributed by atoms with E-state index in [1.165, 1.54) is 4.90 Å². The number of para-hydroxylation sites is 2. The van der Waals surface area contributed by atoms with E-state index in [1.54, 1.807) is 29.2 Å². The van der Waals surface area contributed by atoms with Crippen molar-refractivity contribution < 1.29 is 14.4 Å². The third kappa shape index (κ3) is 4.17. The molecule has 41 heavy (non-hydrogen) atoms. The zero-order valence-electron chi connectivity index (χ0n) is 22.3. The first-order valence-corrected chi connectivity index (χ1v) is 13.8. The number of fused-ring (bicyclic) bond motifs is 4. The van der Waals surface area contributed by atoms with Gasteiger partial charge in [-0.1, -0.05) is 91.0 Å². The maximum atomic E-state index is 14.2. The number of anilines is 1. The predicted molar refractivity (Wildman–Crippen MR) is 158 cm³/mol. The number of carbonyl (C=O) groups is 3. The summed E-state index contributed by atoms with van der Waals surface area (Å²) in [6, 6.07) is 33.0. The van der Waals surface area contributed by atoms with Gasteiger partial charge in [-0.3, -0.25) is 14.5 Å². The number of amides is 4. The number of benzene rings is 4. The first kappa shape index (κ1) is 24.8. The lowest BCUT2D eigenvalue weighted by Crippen LogP contribution is -2.44. The van der Waals surface area contributed by atoms with E-state index in [0.717, 1.165) is 33.3 Å². The van der Waals surface area contributed by atoms with E-state index >= 15 is 0 Å². The standard InChI is InChI=1S/C34H28N4O3/c39-32(35-20-19-22-11-3-1-4-12-22)25-16-8-10-18-28(25)38-33(40)29-21-26-24-15-7-9-17-27(24)36-30(26)31(37(29)34(38)41)23-13-5-2-6-14-23/h1-18,29,31,36H,19-21H2,(H,35,39). The Morgan fingerprint density at radius 1 is 0.829 bits per heavy atom. The average molecular weight is 541 g/mol. The van der Waals surface area contributed by atoms with Crippen LogP contribution in [0.2, 0.25) is 0 Å². The Labute approximate surface area is 237 Å². The number of H-pyrrole nitrogens is 1. The molecule has 4 amide bonds. The highest BCUT2D eigenvalue weighted by Gasteiger charge is 2.53. The van der Waals surface area contributed by atoms with Gasteiger partial charge in [-0.25, -0.2) is 9.69 Å². The number of hydrogen-bond acceptors (Lipinski definition) is 3. The van der Waals surface area contributed by atoms with Gasteiger partial charge in [0.1, 0.15) is 12.1 Å². The van der Waals surface area contributed by atoms with Crippen LogP contribution in [0.15, 0.2) is 109 Å². The molecule has 2 N–H and O–H groups in total. The van der Waals surface area contributed by atoms with Crippen LogP contribution in [-0.4, -0.2) is 40.3 Å². The third-order valence-electron chi connectivity index (χ3n) is 8.10. The number of nitrogens with one attached hydrogen (secondary N) is 2. The molecule has 202 valence electrons. The summed E-state index contributed by atoms with van der Waals surface area (Å²) in [6.45, 7) is 0.436. The van der Waals surface area contributed by atoms with Gasteiger partial charge in [0, 0.05) is 29.6 Å². The van der Waals surface area contributed by atoms with Crippen molar-refractivity contribution in [1.82, 2.24) is 15.2 Å². The van der Waals surface area contributed by atoms with Crippen molar-refractivity contribution >= 4 is 34.4 Å². The van der Waals surface area contributed by atoms with Crippen LogP contribution in [0, 0.1) is 0 Å². The fourth-order valence-corrected chi connectivity index (χ4v) is 6.20. The van der Waals surface area contributed by atoms with Gasteiger partial charge in [-0.05, 0) is 41.3 Å². The van der Waals surface area contributed by atoms with Crippen LogP contribution in [0.25, 0.3) is 10.9 Å². The second kappa shape index (κ2) is 10.1. The molecule has 0 bridgehead atoms. The highest BCUT2D eigenvalue weighted by molar-refractivity contribution is 6.24. The lowest BCUT2D eigenvalue weighted by Gasteiger charge is -2.36. The number of imide groups is 1. The van der Waals surface area contributed by atoms with Gasteiger partial charge in [0.25, 0.3) is 11.8 Å². The van der Waals surface area contributed by atoms with Crippen molar-refractivity contribution in [2.24, 2.45) is 0 Å². The van der Waals surface area contributed by atoms with E-state index in [9.17, 15) is 14.4 Å². The monoisotopic (exact) mass is 540 g/mol. The number of aromatic nitrogens is 1. The Morgan fingerprint density at radius 2 is 1.51 bits per heavy atom. The highest BCUT2D eigenvalue weighted by atomic mass is 16.2. The third-order valence-corrected chi connectivity index (χ3v) is 8.10. The summed E-state index contributed by atoms with van der Waals surface area (Å²) in [6.07, 6.45) is 1.08. The molecule has 1 fully saturated rings. The molecule has 5 aromatic rings. The summed E-state index contributed by atoms with van der Waals surface area (Å²) in [4.78, 5) is 48.1. The second-order valence-corrected chi connectivity index (χ2v) is 10.5. The fourth-order valence-electron chi connectivity index (χ4n) is 6.20. The maximum absolute atomic E-state index is 14.2. The zero-order chi connectivity index (χ0) is 27.9. The van der Waals surface area contributed by atoms with E-state index < -0.39 is 18.1 Å². The Balaban J connectivity index is 1.24. The second-order valence-electron chi connectivity index (χ2n) is 10.5. The highest BCUT2D eigenvalue weighted by Crippen LogP contribution is 2.45. The Kier molecular flexibility index (Phi) is 6.12. The van der Waals surface area contributed by atoms with Crippen LogP contribution >= 0.6 is 0 Å². The molecule has 2 unspecified atom stereocenters. The quantitative estimate of drug-likeness (QED) is 0.274. The Hall–Kier alpha value is -5.17. The number of rotatable bonds is 6. The minimum atomic E-state index is -0.686. The molecule has 1 saturated heterocycles. The van der Waals surface area contributed by atoms with E-state index in [-0.39, 0.29) is 11.8 Å². The molecule has 0 spiro atoms. The van der Waals surface area contributed by atoms with E-state index in [4.69, 9.17) is 0 Å². The number of nitrogens with zero attached hydrogens (tertiary/aromatic N) is 2. The first-order valence-electron chi connectivity index (χ1n) is 13.8. The Morgan fingerprint density at radius 3 is 2.32 bits per heavy atom. The van der Waals surface area contributed by atoms with Crippen LogP contribution < -0.4 is 10.2 Å². The molecule has 4 aromatic carbocycles. The van der Waals surface area contributed by atoms with Gasteiger partial charge in [0.05, 0.1) is 11.3 Å². The topological polar surface area (TPSA) is 85.5 Å². The number of hydrogen-bond donors (Lipinski definition) is 2. The summed E-state index contributed by atoms with van der Waals surface area (Å²) in [7, 11) is 0. The van der Waals surface area contributed by atoms with Gasteiger partial charge < -0.3 is 10.3 Å². The van der Waals surface area contributed by atoms with Crippen LogP contribution in [0.5, 0.6) is 0 Å². The molecule has 0 saturated carbocycles. The smallest absolute Gasteiger partial charge is 0.332 e. The largest absolute Gasteiger partial charge is 0.356 e. The molecule has 7 nitrogen and oxygen atoms in total. The van der Waals surface area contributed by atoms with E-state index in [0.29, 0.717) is 30.6 Å². The summed E-state index contributed by atoms with van der Waals surface area (Å²) >= 11 is 0. The van der Waals surface area contributed by atoms with Gasteiger partial charge in [-0.2, -0.15) is 0 Å². The molecule has 0 radical (unpaired) electrons. The molecule has 7 rings (SSSR count). The summed E-state index contributed by atoms with van der Waals surface area (Å²) in [5.74, 6) is -0.644. The van der Waals surface area contributed by atoms with Crippen molar-refractivity contribution in [3.8, 4) is 0 Å². The molecule has 2 atom stereocenters. The fraction of sp³-hybridized carbons (Fsp3) is 0.147. The molecular weight excluding hydrogens is 512 g/mol. The SMILES string of the molecule is O=C(NCCc1ccccc1)c1ccccc1N1C(=O)C2Cc3c([nH]c4ccccc34)C(c3ccccc3)N2C1=O. The van der Waals surface area contributed by atoms with Crippen LogP contribution in [0.1, 0.15) is 38.8 Å². The number of carbonyl (C=O) groups excluding carboxylic acids is 3. The van der Waals surface area contributed by atoms with Crippen LogP contribution in [0.3, 0.4) is 0 Å². The maximum Gasteiger partial charge on any atom is 0.332 e. The van der Waals surface area contributed by atoms with Gasteiger partial charge in [-0.15, -0.1) is 0 Å².